The Morgan fingerprint density at radius 3 is 2.34 bits per heavy atom. The number of benzene rings is 3. The highest BCUT2D eigenvalue weighted by Crippen LogP contribution is 2.29. The van der Waals surface area contributed by atoms with Gasteiger partial charge in [0.05, 0.1) is 12.2 Å². The van der Waals surface area contributed by atoms with E-state index in [-0.39, 0.29) is 12.8 Å². The van der Waals surface area contributed by atoms with Crippen LogP contribution in [0.15, 0.2) is 84.0 Å². The summed E-state index contributed by atoms with van der Waals surface area (Å²) >= 11 is 6.08. The van der Waals surface area contributed by atoms with Crippen LogP contribution >= 0.6 is 11.6 Å². The van der Waals surface area contributed by atoms with Crippen LogP contribution in [-0.2, 0) is 11.3 Å². The van der Waals surface area contributed by atoms with Gasteiger partial charge in [-0.1, -0.05) is 72.3 Å². The largest absolute Gasteiger partial charge is 0.364 e. The zero-order chi connectivity index (χ0) is 20.2. The predicted molar refractivity (Wildman–Crippen MR) is 115 cm³/mol. The molecule has 0 aliphatic carbocycles. The molecule has 0 spiro atoms. The number of hydrazone groups is 1. The van der Waals surface area contributed by atoms with Crippen molar-refractivity contribution >= 4 is 29.0 Å². The second-order valence-electron chi connectivity index (χ2n) is 6.64. The number of para-hydroxylation sites is 1. The van der Waals surface area contributed by atoms with Crippen molar-refractivity contribution in [1.29, 1.82) is 0 Å². The van der Waals surface area contributed by atoms with Gasteiger partial charge in [0.15, 0.2) is 0 Å². The van der Waals surface area contributed by atoms with Gasteiger partial charge in [0.1, 0.15) is 12.4 Å². The van der Waals surface area contributed by atoms with Gasteiger partial charge in [-0.05, 0) is 23.8 Å². The summed E-state index contributed by atoms with van der Waals surface area (Å²) in [7, 11) is 1.57. The molecule has 2 amide bonds. The average molecular weight is 406 g/mol. The van der Waals surface area contributed by atoms with E-state index in [9.17, 15) is 4.79 Å². The molecule has 0 fully saturated rings. The summed E-state index contributed by atoms with van der Waals surface area (Å²) in [6, 6.07) is 24.7. The second-order valence-corrected chi connectivity index (χ2v) is 7.08. The Balaban J connectivity index is 1.86. The quantitative estimate of drug-likeness (QED) is 0.590. The van der Waals surface area contributed by atoms with Crippen LogP contribution in [0.25, 0.3) is 0 Å². The molecule has 146 valence electrons. The minimum atomic E-state index is -0.243. The zero-order valence-electron chi connectivity index (χ0n) is 16.0. The van der Waals surface area contributed by atoms with E-state index in [1.165, 1.54) is 5.01 Å². The molecule has 1 aliphatic rings. The average Bonchev–Trinajstić information content (AvgIpc) is 2.86. The Morgan fingerprint density at radius 1 is 0.931 bits per heavy atom. The number of nitrogens with zero attached hydrogens (tertiary/aromatic N) is 3. The second kappa shape index (κ2) is 8.47. The molecule has 0 bridgehead atoms. The van der Waals surface area contributed by atoms with Gasteiger partial charge >= 0.3 is 6.03 Å². The first-order valence-electron chi connectivity index (χ1n) is 9.23. The zero-order valence-corrected chi connectivity index (χ0v) is 16.7. The van der Waals surface area contributed by atoms with Crippen LogP contribution in [0.5, 0.6) is 0 Å². The van der Waals surface area contributed by atoms with Crippen molar-refractivity contribution in [2.24, 2.45) is 5.10 Å². The molecule has 1 aliphatic heterocycles. The molecule has 0 atom stereocenters. The summed E-state index contributed by atoms with van der Waals surface area (Å²) in [5, 5.41) is 6.92. The Bertz CT molecular complexity index is 1040. The van der Waals surface area contributed by atoms with Crippen LogP contribution in [0, 0.1) is 0 Å². The van der Waals surface area contributed by atoms with Gasteiger partial charge < -0.3 is 4.74 Å². The van der Waals surface area contributed by atoms with Crippen LogP contribution in [0.1, 0.15) is 16.7 Å². The predicted octanol–water partition coefficient (Wildman–Crippen LogP) is 5.14. The van der Waals surface area contributed by atoms with E-state index >= 15 is 0 Å². The van der Waals surface area contributed by atoms with Crippen LogP contribution in [0.3, 0.4) is 0 Å². The first kappa shape index (κ1) is 19.2. The smallest absolute Gasteiger partial charge is 0.347 e. The molecule has 29 heavy (non-hydrogen) atoms. The highest BCUT2D eigenvalue weighted by Gasteiger charge is 2.30. The summed E-state index contributed by atoms with van der Waals surface area (Å²) in [5.74, 6) is 0. The molecular formula is C23H20ClN3O2. The van der Waals surface area contributed by atoms with E-state index in [1.807, 2.05) is 78.9 Å². The van der Waals surface area contributed by atoms with E-state index in [0.29, 0.717) is 17.3 Å². The van der Waals surface area contributed by atoms with Crippen molar-refractivity contribution in [3.63, 3.8) is 0 Å². The number of rotatable bonds is 5. The number of amides is 2. The number of hydrogen-bond acceptors (Lipinski definition) is 3. The highest BCUT2D eigenvalue weighted by atomic mass is 35.5. The lowest BCUT2D eigenvalue weighted by atomic mass is 10.0. The molecule has 0 aromatic heterocycles. The molecular weight excluding hydrogens is 386 g/mol. The molecule has 0 saturated carbocycles. The van der Waals surface area contributed by atoms with Crippen LogP contribution < -0.4 is 4.90 Å². The van der Waals surface area contributed by atoms with Gasteiger partial charge in [0.2, 0.25) is 0 Å². The van der Waals surface area contributed by atoms with E-state index in [0.717, 1.165) is 22.4 Å². The van der Waals surface area contributed by atoms with Crippen molar-refractivity contribution in [2.45, 2.75) is 6.54 Å². The van der Waals surface area contributed by atoms with Crippen molar-refractivity contribution in [2.75, 3.05) is 18.7 Å². The summed E-state index contributed by atoms with van der Waals surface area (Å²) in [6.07, 6.45) is 0. The Hall–Kier alpha value is -3.15. The fourth-order valence-corrected chi connectivity index (χ4v) is 3.43. The Morgan fingerprint density at radius 2 is 1.62 bits per heavy atom. The van der Waals surface area contributed by atoms with Gasteiger partial charge in [0, 0.05) is 23.3 Å². The maximum absolute atomic E-state index is 13.4. The first-order valence-corrected chi connectivity index (χ1v) is 9.61. The lowest BCUT2D eigenvalue weighted by Gasteiger charge is -2.25. The number of methoxy groups -OCH3 is 1. The molecule has 3 aromatic carbocycles. The van der Waals surface area contributed by atoms with E-state index < -0.39 is 0 Å². The van der Waals surface area contributed by atoms with Crippen LogP contribution in [-0.4, -0.2) is 30.6 Å². The third-order valence-electron chi connectivity index (χ3n) is 4.67. The monoisotopic (exact) mass is 405 g/mol. The third kappa shape index (κ3) is 4.01. The summed E-state index contributed by atoms with van der Waals surface area (Å²) in [6.45, 7) is 0.482. The maximum Gasteiger partial charge on any atom is 0.347 e. The van der Waals surface area contributed by atoms with E-state index in [1.54, 1.807) is 12.0 Å². The lowest BCUT2D eigenvalue weighted by Crippen LogP contribution is -2.40. The Kier molecular flexibility index (Phi) is 5.60. The maximum atomic E-state index is 13.4. The number of hydrogen-bond donors (Lipinski definition) is 0. The number of ether oxygens (including phenoxy) is 1. The third-order valence-corrected chi connectivity index (χ3v) is 4.93. The molecule has 3 aromatic rings. The first-order chi connectivity index (χ1) is 14.2. The lowest BCUT2D eigenvalue weighted by molar-refractivity contribution is 0.172. The molecule has 6 heteroatoms. The minimum Gasteiger partial charge on any atom is -0.364 e. The molecule has 4 rings (SSSR count). The van der Waals surface area contributed by atoms with Gasteiger partial charge in [-0.15, -0.1) is 0 Å². The number of anilines is 1. The highest BCUT2D eigenvalue weighted by molar-refractivity contribution is 6.30. The van der Waals surface area contributed by atoms with Crippen molar-refractivity contribution in [3.8, 4) is 0 Å². The normalized spacial score (nSPS) is 13.7. The number of urea groups is 1. The van der Waals surface area contributed by atoms with E-state index in [4.69, 9.17) is 21.4 Å². The van der Waals surface area contributed by atoms with Crippen LogP contribution in [0.4, 0.5) is 10.5 Å². The number of halogens is 1. The van der Waals surface area contributed by atoms with Gasteiger partial charge in [0.25, 0.3) is 0 Å². The Labute approximate surface area is 174 Å². The summed E-state index contributed by atoms with van der Waals surface area (Å²) in [4.78, 5) is 15.0. The van der Waals surface area contributed by atoms with E-state index in [2.05, 4.69) is 0 Å². The van der Waals surface area contributed by atoms with Gasteiger partial charge in [-0.3, -0.25) is 4.90 Å². The molecule has 0 radical (unpaired) electrons. The van der Waals surface area contributed by atoms with Crippen molar-refractivity contribution in [1.82, 2.24) is 5.01 Å². The van der Waals surface area contributed by atoms with Crippen molar-refractivity contribution < 1.29 is 9.53 Å². The molecule has 0 N–H and O–H groups in total. The molecule has 0 unspecified atom stereocenters. The SMILES string of the molecule is COCN1C(=O)N(Cc2ccccc2)N=C(c2ccc(Cl)cc2)c2ccccc21. The fourth-order valence-electron chi connectivity index (χ4n) is 3.30. The fraction of sp³-hybridized carbons (Fsp3) is 0.130. The summed E-state index contributed by atoms with van der Waals surface area (Å²) < 4.78 is 5.33. The van der Waals surface area contributed by atoms with Crippen molar-refractivity contribution in [3.05, 3.63) is 101 Å². The van der Waals surface area contributed by atoms with Gasteiger partial charge in [-0.2, -0.15) is 5.10 Å². The topological polar surface area (TPSA) is 45.1 Å². The molecule has 0 saturated heterocycles. The number of fused-ring (bicyclic) bond motifs is 1. The molecule has 1 heterocycles. The number of carbonyl (C=O) groups excluding carboxylic acids is 1. The van der Waals surface area contributed by atoms with Gasteiger partial charge in [-0.25, -0.2) is 9.80 Å². The molecule has 5 nitrogen and oxygen atoms in total. The summed E-state index contributed by atoms with van der Waals surface area (Å²) in [5.41, 5.74) is 4.19. The number of carbonyl (C=O) groups is 1. The van der Waals surface area contributed by atoms with Crippen LogP contribution in [0.2, 0.25) is 5.02 Å². The standard InChI is InChI=1S/C23H20ClN3O2/c1-29-16-26-21-10-6-5-9-20(21)22(18-11-13-19(24)14-12-18)25-27(23(26)28)15-17-7-3-2-4-8-17/h2-14H,15-16H2,1H3. The minimum absolute atomic E-state index is 0.130.